The van der Waals surface area contributed by atoms with Crippen molar-refractivity contribution in [1.82, 2.24) is 9.62 Å². The average molecular weight is 698 g/mol. The number of nitrogens with one attached hydrogen (secondary N) is 1. The molecule has 1 saturated carbocycles. The Hall–Kier alpha value is -2.63. The van der Waals surface area contributed by atoms with Crippen molar-refractivity contribution in [3.63, 3.8) is 0 Å². The lowest BCUT2D eigenvalue weighted by Gasteiger charge is -2.46. The SMILES string of the molecule is C[C@@H]1CC/C=C\[C@H](OCCN2CCOCC2)[C@@H]2CC[C@H]2CN2C[C@@]3(CCCc4cc(Cl)ccc43)COc3ccc(cc32)C(=O)NS1(=O)=O. The summed E-state index contributed by atoms with van der Waals surface area (Å²) in [5.74, 6) is 0.839. The Morgan fingerprint density at radius 2 is 1.96 bits per heavy atom. The summed E-state index contributed by atoms with van der Waals surface area (Å²) in [6.45, 7) is 8.59. The number of sulfonamides is 1. The summed E-state index contributed by atoms with van der Waals surface area (Å²) in [7, 11) is -3.87. The average Bonchev–Trinajstić information content (AvgIpc) is 3.21. The molecule has 1 spiro atoms. The van der Waals surface area contributed by atoms with Gasteiger partial charge in [0.25, 0.3) is 5.91 Å². The quantitative estimate of drug-likeness (QED) is 0.427. The number of ether oxygens (including phenoxy) is 3. The third-order valence-electron chi connectivity index (χ3n) is 11.3. The van der Waals surface area contributed by atoms with Crippen LogP contribution in [0.5, 0.6) is 5.75 Å². The summed E-state index contributed by atoms with van der Waals surface area (Å²) in [5, 5.41) is 0.0233. The zero-order valence-electron chi connectivity index (χ0n) is 27.9. The molecule has 2 aromatic rings. The predicted molar refractivity (Wildman–Crippen MR) is 188 cm³/mol. The Morgan fingerprint density at radius 1 is 1.10 bits per heavy atom. The molecule has 5 atom stereocenters. The summed E-state index contributed by atoms with van der Waals surface area (Å²) < 4.78 is 47.6. The monoisotopic (exact) mass is 697 g/mol. The van der Waals surface area contributed by atoms with Gasteiger partial charge in [-0.25, -0.2) is 13.1 Å². The third kappa shape index (κ3) is 7.15. The second kappa shape index (κ2) is 14.3. The number of carbonyl (C=O) groups excluding carboxylic acids is 1. The predicted octanol–water partition coefficient (Wildman–Crippen LogP) is 5.35. The van der Waals surface area contributed by atoms with Crippen molar-refractivity contribution in [2.45, 2.75) is 68.6 Å². The first-order valence-corrected chi connectivity index (χ1v) is 19.6. The molecule has 0 unspecified atom stereocenters. The van der Waals surface area contributed by atoms with Crippen LogP contribution in [-0.4, -0.2) is 89.7 Å². The van der Waals surface area contributed by atoms with Gasteiger partial charge in [-0.2, -0.15) is 0 Å². The number of fused-ring (bicyclic) bond motifs is 4. The summed E-state index contributed by atoms with van der Waals surface area (Å²) in [4.78, 5) is 18.2. The number of morpholine rings is 1. The van der Waals surface area contributed by atoms with Crippen LogP contribution >= 0.6 is 11.6 Å². The molecule has 2 aliphatic carbocycles. The standard InChI is InChI=1S/C37H48ClN3O6S/c1-26-5-2-3-7-34(46-20-17-40-15-18-45-19-16-40)31-11-8-29(31)23-41-24-37(14-4-6-27-21-30(38)10-12-32(27)37)25-47-35-13-9-28(22-33(35)41)36(42)39-48(26,43)44/h3,7,9-10,12-13,21-22,26,29,31,34H,2,4-6,8,11,14-20,23-25H2,1H3,(H,39,42)/b7-3-/t26-,29+,31-,34+,37+/m1/s1. The van der Waals surface area contributed by atoms with Gasteiger partial charge < -0.3 is 19.1 Å². The largest absolute Gasteiger partial charge is 0.490 e. The molecule has 11 heteroatoms. The van der Waals surface area contributed by atoms with Crippen LogP contribution in [0.25, 0.3) is 0 Å². The van der Waals surface area contributed by atoms with E-state index in [0.29, 0.717) is 43.5 Å². The first-order chi connectivity index (χ1) is 23.2. The minimum Gasteiger partial charge on any atom is -0.490 e. The molecular weight excluding hydrogens is 650 g/mol. The molecule has 0 aromatic heterocycles. The zero-order chi connectivity index (χ0) is 33.3. The molecular formula is C37H48ClN3O6S. The second-order valence-corrected chi connectivity index (χ2v) is 16.9. The molecule has 2 bridgehead atoms. The molecule has 2 fully saturated rings. The van der Waals surface area contributed by atoms with Gasteiger partial charge in [-0.15, -0.1) is 0 Å². The highest BCUT2D eigenvalue weighted by Gasteiger charge is 2.44. The number of halogens is 1. The van der Waals surface area contributed by atoms with Crippen molar-refractivity contribution < 1.29 is 27.4 Å². The molecule has 5 aliphatic rings. The molecule has 3 aliphatic heterocycles. The summed E-state index contributed by atoms with van der Waals surface area (Å²) in [6, 6.07) is 11.6. The second-order valence-electron chi connectivity index (χ2n) is 14.4. The summed E-state index contributed by atoms with van der Waals surface area (Å²) in [6.07, 6.45) is 10.4. The lowest BCUT2D eigenvalue weighted by atomic mass is 9.68. The number of hydrogen-bond donors (Lipinski definition) is 1. The van der Waals surface area contributed by atoms with Gasteiger partial charge in [0.2, 0.25) is 10.0 Å². The number of nitrogens with zero attached hydrogens (tertiary/aromatic N) is 2. The Bertz CT molecular complexity index is 1630. The van der Waals surface area contributed by atoms with Gasteiger partial charge in [0, 0.05) is 48.7 Å². The smallest absolute Gasteiger partial charge is 0.264 e. The number of allylic oxidation sites excluding steroid dienone is 1. The Kier molecular flexibility index (Phi) is 10.1. The fourth-order valence-electron chi connectivity index (χ4n) is 8.26. The van der Waals surface area contributed by atoms with Gasteiger partial charge in [-0.3, -0.25) is 9.69 Å². The molecule has 7 rings (SSSR count). The molecule has 3 heterocycles. The van der Waals surface area contributed by atoms with E-state index >= 15 is 0 Å². The van der Waals surface area contributed by atoms with Crippen molar-refractivity contribution in [2.24, 2.45) is 11.8 Å². The number of amides is 1. The molecule has 260 valence electrons. The van der Waals surface area contributed by atoms with E-state index in [9.17, 15) is 13.2 Å². The van der Waals surface area contributed by atoms with Crippen LogP contribution in [0.15, 0.2) is 48.6 Å². The van der Waals surface area contributed by atoms with Crippen LogP contribution in [0.3, 0.4) is 0 Å². The minimum absolute atomic E-state index is 0.0511. The molecule has 9 nitrogen and oxygen atoms in total. The highest BCUT2D eigenvalue weighted by Crippen LogP contribution is 2.47. The van der Waals surface area contributed by atoms with Gasteiger partial charge in [-0.1, -0.05) is 29.8 Å². The fraction of sp³-hybridized carbons (Fsp3) is 0.595. The summed E-state index contributed by atoms with van der Waals surface area (Å²) >= 11 is 6.45. The van der Waals surface area contributed by atoms with E-state index in [1.165, 1.54) is 11.1 Å². The van der Waals surface area contributed by atoms with Crippen LogP contribution in [0.1, 0.15) is 66.9 Å². The van der Waals surface area contributed by atoms with Gasteiger partial charge in [-0.05, 0) is 105 Å². The van der Waals surface area contributed by atoms with E-state index in [0.717, 1.165) is 94.5 Å². The maximum Gasteiger partial charge on any atom is 0.264 e. The van der Waals surface area contributed by atoms with E-state index in [4.69, 9.17) is 25.8 Å². The topological polar surface area (TPSA) is 97.4 Å². The van der Waals surface area contributed by atoms with E-state index < -0.39 is 21.2 Å². The van der Waals surface area contributed by atoms with E-state index in [-0.39, 0.29) is 11.5 Å². The maximum atomic E-state index is 13.4. The number of rotatable bonds is 4. The molecule has 2 aromatic carbocycles. The van der Waals surface area contributed by atoms with Crippen LogP contribution < -0.4 is 14.4 Å². The van der Waals surface area contributed by atoms with Gasteiger partial charge in [0.1, 0.15) is 5.75 Å². The Balaban J connectivity index is 1.22. The number of anilines is 1. The summed E-state index contributed by atoms with van der Waals surface area (Å²) in [5.41, 5.74) is 3.47. The number of carbonyl (C=O) groups is 1. The maximum absolute atomic E-state index is 13.4. The molecule has 1 saturated heterocycles. The lowest BCUT2D eigenvalue weighted by molar-refractivity contribution is -0.0314. The van der Waals surface area contributed by atoms with E-state index in [1.54, 1.807) is 13.0 Å². The Labute approximate surface area is 290 Å². The van der Waals surface area contributed by atoms with Crippen molar-refractivity contribution in [3.8, 4) is 5.75 Å². The van der Waals surface area contributed by atoms with Gasteiger partial charge in [0.05, 0.1) is 43.5 Å². The van der Waals surface area contributed by atoms with E-state index in [2.05, 4.69) is 38.8 Å². The molecule has 1 N–H and O–H groups in total. The van der Waals surface area contributed by atoms with Gasteiger partial charge >= 0.3 is 0 Å². The number of aryl methyl sites for hydroxylation is 1. The molecule has 48 heavy (non-hydrogen) atoms. The normalized spacial score (nSPS) is 31.4. The highest BCUT2D eigenvalue weighted by molar-refractivity contribution is 7.90. The van der Waals surface area contributed by atoms with Crippen molar-refractivity contribution in [1.29, 1.82) is 0 Å². The minimum atomic E-state index is -3.87. The fourth-order valence-corrected chi connectivity index (χ4v) is 9.48. The third-order valence-corrected chi connectivity index (χ3v) is 13.3. The first-order valence-electron chi connectivity index (χ1n) is 17.7. The Morgan fingerprint density at radius 3 is 2.77 bits per heavy atom. The number of hydrogen-bond acceptors (Lipinski definition) is 8. The van der Waals surface area contributed by atoms with Crippen molar-refractivity contribution >= 4 is 33.2 Å². The lowest BCUT2D eigenvalue weighted by Crippen LogP contribution is -2.50. The van der Waals surface area contributed by atoms with Crippen LogP contribution in [-0.2, 0) is 31.3 Å². The van der Waals surface area contributed by atoms with E-state index in [1.807, 2.05) is 18.2 Å². The zero-order valence-corrected chi connectivity index (χ0v) is 29.4. The number of benzene rings is 2. The molecule has 1 amide bonds. The van der Waals surface area contributed by atoms with Gasteiger partial charge in [0.15, 0.2) is 0 Å². The van der Waals surface area contributed by atoms with Crippen LogP contribution in [0, 0.1) is 11.8 Å². The molecule has 0 radical (unpaired) electrons. The first kappa shape index (κ1) is 33.8. The highest BCUT2D eigenvalue weighted by atomic mass is 35.5. The van der Waals surface area contributed by atoms with Crippen LogP contribution in [0.4, 0.5) is 5.69 Å². The van der Waals surface area contributed by atoms with Crippen molar-refractivity contribution in [3.05, 3.63) is 70.3 Å². The van der Waals surface area contributed by atoms with Crippen molar-refractivity contribution in [2.75, 3.05) is 64.1 Å². The van der Waals surface area contributed by atoms with Crippen LogP contribution in [0.2, 0.25) is 5.02 Å².